The fourth-order valence-electron chi connectivity index (χ4n) is 2.15. The lowest BCUT2D eigenvalue weighted by Gasteiger charge is -2.29. The van der Waals surface area contributed by atoms with Gasteiger partial charge in [-0.15, -0.1) is 11.3 Å². The average Bonchev–Trinajstić information content (AvgIpc) is 2.66. The Hall–Kier alpha value is -0.450. The van der Waals surface area contributed by atoms with Crippen molar-refractivity contribution in [3.05, 3.63) is 16.1 Å². The van der Waals surface area contributed by atoms with Crippen molar-refractivity contribution >= 4 is 11.3 Å². The predicted octanol–water partition coefficient (Wildman–Crippen LogP) is 2.05. The van der Waals surface area contributed by atoms with Gasteiger partial charge in [-0.05, 0) is 32.2 Å². The van der Waals surface area contributed by atoms with E-state index in [1.807, 2.05) is 0 Å². The SMILES string of the molecule is CCCc1nc(CN2CCC[C@@H](O)C2)cs1. The van der Waals surface area contributed by atoms with Gasteiger partial charge >= 0.3 is 0 Å². The maximum atomic E-state index is 9.59. The molecule has 16 heavy (non-hydrogen) atoms. The number of β-amino-alcohol motifs (C(OH)–C–C–N with tert-alkyl or cyclic N) is 1. The Balaban J connectivity index is 1.87. The first-order chi connectivity index (χ1) is 7.78. The molecule has 0 saturated carbocycles. The molecule has 3 nitrogen and oxygen atoms in total. The molecule has 4 heteroatoms. The van der Waals surface area contributed by atoms with Crippen molar-refractivity contribution in [2.24, 2.45) is 0 Å². The normalized spacial score (nSPS) is 22.5. The molecule has 0 bridgehead atoms. The van der Waals surface area contributed by atoms with Crippen LogP contribution in [0.25, 0.3) is 0 Å². The molecule has 0 aliphatic carbocycles. The van der Waals surface area contributed by atoms with E-state index in [-0.39, 0.29) is 6.10 Å². The largest absolute Gasteiger partial charge is 0.392 e. The van der Waals surface area contributed by atoms with E-state index in [2.05, 4.69) is 22.2 Å². The molecule has 0 amide bonds. The van der Waals surface area contributed by atoms with Crippen LogP contribution in [0.3, 0.4) is 0 Å². The average molecular weight is 240 g/mol. The van der Waals surface area contributed by atoms with Crippen LogP contribution in [0.5, 0.6) is 0 Å². The minimum absolute atomic E-state index is 0.137. The number of hydrogen-bond donors (Lipinski definition) is 1. The lowest BCUT2D eigenvalue weighted by molar-refractivity contribution is 0.0663. The Morgan fingerprint density at radius 3 is 3.25 bits per heavy atom. The molecule has 1 fully saturated rings. The molecule has 1 aliphatic rings. The molecule has 1 aliphatic heterocycles. The second kappa shape index (κ2) is 5.75. The molecule has 1 saturated heterocycles. The van der Waals surface area contributed by atoms with Gasteiger partial charge in [0.2, 0.25) is 0 Å². The van der Waals surface area contributed by atoms with E-state index in [1.54, 1.807) is 11.3 Å². The van der Waals surface area contributed by atoms with Gasteiger partial charge in [0.25, 0.3) is 0 Å². The molecule has 1 aromatic rings. The molecular formula is C12H20N2OS. The number of piperidine rings is 1. The highest BCUT2D eigenvalue weighted by Crippen LogP contribution is 2.16. The van der Waals surface area contributed by atoms with Crippen molar-refractivity contribution in [3.8, 4) is 0 Å². The molecule has 1 N–H and O–H groups in total. The number of hydrogen-bond acceptors (Lipinski definition) is 4. The maximum Gasteiger partial charge on any atom is 0.0928 e. The maximum absolute atomic E-state index is 9.59. The smallest absolute Gasteiger partial charge is 0.0928 e. The van der Waals surface area contributed by atoms with Crippen molar-refractivity contribution in [2.75, 3.05) is 13.1 Å². The first-order valence-electron chi connectivity index (χ1n) is 6.11. The van der Waals surface area contributed by atoms with Gasteiger partial charge in [-0.25, -0.2) is 4.98 Å². The van der Waals surface area contributed by atoms with Gasteiger partial charge in [-0.1, -0.05) is 6.92 Å². The topological polar surface area (TPSA) is 36.4 Å². The van der Waals surface area contributed by atoms with Crippen molar-refractivity contribution in [1.29, 1.82) is 0 Å². The van der Waals surface area contributed by atoms with Crippen molar-refractivity contribution in [2.45, 2.75) is 45.3 Å². The minimum Gasteiger partial charge on any atom is -0.392 e. The Kier molecular flexibility index (Phi) is 4.32. The second-order valence-electron chi connectivity index (χ2n) is 4.51. The van der Waals surface area contributed by atoms with Gasteiger partial charge in [0.15, 0.2) is 0 Å². The van der Waals surface area contributed by atoms with Gasteiger partial charge in [-0.2, -0.15) is 0 Å². The summed E-state index contributed by atoms with van der Waals surface area (Å²) in [5.74, 6) is 0. The molecule has 1 aromatic heterocycles. The van der Waals surface area contributed by atoms with E-state index in [4.69, 9.17) is 0 Å². The molecule has 0 spiro atoms. The summed E-state index contributed by atoms with van der Waals surface area (Å²) in [4.78, 5) is 6.92. The highest BCUT2D eigenvalue weighted by Gasteiger charge is 2.18. The summed E-state index contributed by atoms with van der Waals surface area (Å²) in [6.45, 7) is 4.98. The molecule has 2 rings (SSSR count). The van der Waals surface area contributed by atoms with E-state index in [1.165, 1.54) is 10.7 Å². The molecule has 0 aromatic carbocycles. The number of aliphatic hydroxyl groups is 1. The highest BCUT2D eigenvalue weighted by atomic mass is 32.1. The molecular weight excluding hydrogens is 220 g/mol. The van der Waals surface area contributed by atoms with Gasteiger partial charge in [0.1, 0.15) is 0 Å². The summed E-state index contributed by atoms with van der Waals surface area (Å²) in [5.41, 5.74) is 1.17. The van der Waals surface area contributed by atoms with Crippen LogP contribution in [0.4, 0.5) is 0 Å². The number of nitrogens with zero attached hydrogens (tertiary/aromatic N) is 2. The Bertz CT molecular complexity index is 327. The van der Waals surface area contributed by atoms with Crippen molar-refractivity contribution in [3.63, 3.8) is 0 Å². The number of aryl methyl sites for hydroxylation is 1. The zero-order chi connectivity index (χ0) is 11.4. The predicted molar refractivity (Wildman–Crippen MR) is 66.6 cm³/mol. The Morgan fingerprint density at radius 2 is 2.50 bits per heavy atom. The standard InChI is InChI=1S/C12H20N2OS/c1-2-4-12-13-10(9-16-12)7-14-6-3-5-11(15)8-14/h9,11,15H,2-8H2,1H3/t11-/m1/s1. The lowest BCUT2D eigenvalue weighted by atomic mass is 10.1. The number of rotatable bonds is 4. The third kappa shape index (κ3) is 3.27. The number of aliphatic hydroxyl groups excluding tert-OH is 1. The Morgan fingerprint density at radius 1 is 1.62 bits per heavy atom. The zero-order valence-corrected chi connectivity index (χ0v) is 10.7. The third-order valence-corrected chi connectivity index (χ3v) is 3.89. The van der Waals surface area contributed by atoms with Crippen LogP contribution in [-0.2, 0) is 13.0 Å². The molecule has 0 radical (unpaired) electrons. The van der Waals surface area contributed by atoms with E-state index < -0.39 is 0 Å². The van der Waals surface area contributed by atoms with Gasteiger partial charge in [0, 0.05) is 18.5 Å². The van der Waals surface area contributed by atoms with Gasteiger partial charge in [-0.3, -0.25) is 4.90 Å². The van der Waals surface area contributed by atoms with Crippen molar-refractivity contribution < 1.29 is 5.11 Å². The lowest BCUT2D eigenvalue weighted by Crippen LogP contribution is -2.37. The number of likely N-dealkylation sites (tertiary alicyclic amines) is 1. The van der Waals surface area contributed by atoms with Gasteiger partial charge < -0.3 is 5.11 Å². The number of thiazole rings is 1. The van der Waals surface area contributed by atoms with Crippen LogP contribution in [-0.4, -0.2) is 34.2 Å². The summed E-state index contributed by atoms with van der Waals surface area (Å²) in [5, 5.41) is 13.0. The highest BCUT2D eigenvalue weighted by molar-refractivity contribution is 7.09. The summed E-state index contributed by atoms with van der Waals surface area (Å²) < 4.78 is 0. The van der Waals surface area contributed by atoms with Crippen molar-refractivity contribution in [1.82, 2.24) is 9.88 Å². The summed E-state index contributed by atoms with van der Waals surface area (Å²) in [6, 6.07) is 0. The van der Waals surface area contributed by atoms with Crippen LogP contribution in [0.15, 0.2) is 5.38 Å². The second-order valence-corrected chi connectivity index (χ2v) is 5.46. The monoisotopic (exact) mass is 240 g/mol. The van der Waals surface area contributed by atoms with Gasteiger partial charge in [0.05, 0.1) is 16.8 Å². The summed E-state index contributed by atoms with van der Waals surface area (Å²) in [7, 11) is 0. The molecule has 1 atom stereocenters. The fraction of sp³-hybridized carbons (Fsp3) is 0.750. The first-order valence-corrected chi connectivity index (χ1v) is 6.99. The van der Waals surface area contributed by atoms with E-state index >= 15 is 0 Å². The van der Waals surface area contributed by atoms with Crippen LogP contribution in [0.2, 0.25) is 0 Å². The van der Waals surface area contributed by atoms with E-state index in [9.17, 15) is 5.11 Å². The molecule has 0 unspecified atom stereocenters. The first kappa shape index (κ1) is 12.0. The molecule has 2 heterocycles. The minimum atomic E-state index is -0.137. The van der Waals surface area contributed by atoms with E-state index in [0.717, 1.165) is 45.3 Å². The third-order valence-electron chi connectivity index (χ3n) is 2.93. The zero-order valence-electron chi connectivity index (χ0n) is 9.85. The quantitative estimate of drug-likeness (QED) is 0.875. The summed E-state index contributed by atoms with van der Waals surface area (Å²) in [6.07, 6.45) is 4.17. The van der Waals surface area contributed by atoms with E-state index in [0.29, 0.717) is 0 Å². The van der Waals surface area contributed by atoms with Crippen LogP contribution in [0, 0.1) is 0 Å². The fourth-order valence-corrected chi connectivity index (χ4v) is 3.05. The van der Waals surface area contributed by atoms with Crippen LogP contribution < -0.4 is 0 Å². The summed E-state index contributed by atoms with van der Waals surface area (Å²) >= 11 is 1.76. The Labute approximate surface area is 101 Å². The van der Waals surface area contributed by atoms with Crippen LogP contribution in [0.1, 0.15) is 36.9 Å². The number of aromatic nitrogens is 1. The van der Waals surface area contributed by atoms with Crippen LogP contribution >= 0.6 is 11.3 Å². The molecule has 90 valence electrons.